The van der Waals surface area contributed by atoms with E-state index in [9.17, 15) is 0 Å². The van der Waals surface area contributed by atoms with Gasteiger partial charge < -0.3 is 10.2 Å². The molecule has 136 valence electrons. The number of aryl methyl sites for hydroxylation is 2. The lowest BCUT2D eigenvalue weighted by atomic mass is 10.1. The van der Waals surface area contributed by atoms with Crippen molar-refractivity contribution in [1.29, 1.82) is 0 Å². The summed E-state index contributed by atoms with van der Waals surface area (Å²) in [7, 11) is 0. The van der Waals surface area contributed by atoms with Crippen LogP contribution < -0.4 is 10.2 Å². The number of fused-ring (bicyclic) bond motifs is 1. The van der Waals surface area contributed by atoms with E-state index in [2.05, 4.69) is 59.8 Å². The van der Waals surface area contributed by atoms with Gasteiger partial charge in [0.15, 0.2) is 0 Å². The number of thiophene rings is 1. The minimum Gasteiger partial charge on any atom is -0.341 e. The summed E-state index contributed by atoms with van der Waals surface area (Å²) in [6.45, 7) is 7.23. The molecule has 0 bridgehead atoms. The van der Waals surface area contributed by atoms with Crippen LogP contribution in [0.25, 0.3) is 10.9 Å². The van der Waals surface area contributed by atoms with Crippen molar-refractivity contribution < 1.29 is 0 Å². The molecule has 1 aliphatic rings. The summed E-state index contributed by atoms with van der Waals surface area (Å²) in [5, 5.41) is 7.03. The van der Waals surface area contributed by atoms with Gasteiger partial charge in [0, 0.05) is 35.9 Å². The van der Waals surface area contributed by atoms with Gasteiger partial charge in [-0.25, -0.2) is 9.97 Å². The number of nitrogens with one attached hydrogen (secondary N) is 1. The quantitative estimate of drug-likeness (QED) is 0.740. The second kappa shape index (κ2) is 7.72. The Balaban J connectivity index is 1.46. The van der Waals surface area contributed by atoms with E-state index in [1.165, 1.54) is 23.3 Å². The van der Waals surface area contributed by atoms with Gasteiger partial charge in [-0.05, 0) is 56.2 Å². The zero-order chi connectivity index (χ0) is 17.9. The summed E-state index contributed by atoms with van der Waals surface area (Å²) >= 11 is 1.83. The van der Waals surface area contributed by atoms with Crippen LogP contribution in [0.5, 0.6) is 0 Å². The molecule has 1 aliphatic heterocycles. The zero-order valence-corrected chi connectivity index (χ0v) is 16.4. The van der Waals surface area contributed by atoms with E-state index < -0.39 is 0 Å². The molecule has 1 N–H and O–H groups in total. The molecular formula is C21H26N4S. The molecular weight excluding hydrogens is 340 g/mol. The lowest BCUT2D eigenvalue weighted by molar-refractivity contribution is 0.472. The van der Waals surface area contributed by atoms with Gasteiger partial charge >= 0.3 is 0 Å². The molecule has 0 aliphatic carbocycles. The minimum atomic E-state index is 0.575. The van der Waals surface area contributed by atoms with E-state index in [4.69, 9.17) is 9.97 Å². The Bertz CT molecular complexity index is 875. The highest BCUT2D eigenvalue weighted by molar-refractivity contribution is 7.09. The molecule has 4 nitrogen and oxygen atoms in total. The Labute approximate surface area is 159 Å². The standard InChI is InChI=1S/C21H26N4S/c1-15-7-8-19-16(2)23-21(24-20(19)13-15)25-10-3-5-17(9-11-25)22-14-18-6-4-12-26-18/h4,6-8,12-13,17,22H,3,5,9-11,14H2,1-2H3/t17-/m0/s1. The third-order valence-corrected chi connectivity index (χ3v) is 6.06. The first-order valence-electron chi connectivity index (χ1n) is 9.45. The largest absolute Gasteiger partial charge is 0.341 e. The van der Waals surface area contributed by atoms with Crippen LogP contribution in [0, 0.1) is 13.8 Å². The molecule has 4 rings (SSSR count). The van der Waals surface area contributed by atoms with Crippen LogP contribution >= 0.6 is 11.3 Å². The van der Waals surface area contributed by atoms with Crippen molar-refractivity contribution in [2.75, 3.05) is 18.0 Å². The minimum absolute atomic E-state index is 0.575. The maximum Gasteiger partial charge on any atom is 0.226 e. The number of benzene rings is 1. The van der Waals surface area contributed by atoms with Gasteiger partial charge in [0.1, 0.15) is 0 Å². The van der Waals surface area contributed by atoms with Gasteiger partial charge in [-0.15, -0.1) is 11.3 Å². The van der Waals surface area contributed by atoms with Crippen molar-refractivity contribution in [3.63, 3.8) is 0 Å². The molecule has 0 unspecified atom stereocenters. The molecule has 0 saturated carbocycles. The highest BCUT2D eigenvalue weighted by Crippen LogP contribution is 2.22. The number of rotatable bonds is 4. The van der Waals surface area contributed by atoms with Crippen molar-refractivity contribution in [2.24, 2.45) is 0 Å². The third kappa shape index (κ3) is 3.89. The SMILES string of the molecule is Cc1ccc2c(C)nc(N3CCC[C@H](NCc4cccs4)CC3)nc2c1. The van der Waals surface area contributed by atoms with E-state index in [1.54, 1.807) is 0 Å². The van der Waals surface area contributed by atoms with Gasteiger partial charge in [-0.1, -0.05) is 18.2 Å². The van der Waals surface area contributed by atoms with E-state index in [-0.39, 0.29) is 0 Å². The molecule has 2 aromatic heterocycles. The van der Waals surface area contributed by atoms with Crippen LogP contribution in [-0.2, 0) is 6.54 Å². The molecule has 1 fully saturated rings. The lowest BCUT2D eigenvalue weighted by Crippen LogP contribution is -2.31. The Kier molecular flexibility index (Phi) is 5.18. The van der Waals surface area contributed by atoms with Gasteiger partial charge in [-0.2, -0.15) is 0 Å². The van der Waals surface area contributed by atoms with E-state index in [1.807, 2.05) is 11.3 Å². The van der Waals surface area contributed by atoms with Crippen LogP contribution in [0.1, 0.15) is 35.4 Å². The third-order valence-electron chi connectivity index (χ3n) is 5.19. The second-order valence-corrected chi connectivity index (χ2v) is 8.24. The average molecular weight is 367 g/mol. The van der Waals surface area contributed by atoms with Crippen molar-refractivity contribution in [1.82, 2.24) is 15.3 Å². The summed E-state index contributed by atoms with van der Waals surface area (Å²) in [6.07, 6.45) is 3.53. The number of hydrogen-bond donors (Lipinski definition) is 1. The van der Waals surface area contributed by atoms with Crippen molar-refractivity contribution >= 4 is 28.2 Å². The maximum absolute atomic E-state index is 4.87. The molecule has 0 radical (unpaired) electrons. The van der Waals surface area contributed by atoms with Crippen molar-refractivity contribution in [2.45, 2.75) is 45.7 Å². The molecule has 3 heterocycles. The fourth-order valence-corrected chi connectivity index (χ4v) is 4.34. The Hall–Kier alpha value is -1.98. The topological polar surface area (TPSA) is 41.1 Å². The van der Waals surface area contributed by atoms with Crippen LogP contribution in [0.4, 0.5) is 5.95 Å². The maximum atomic E-state index is 4.87. The Morgan fingerprint density at radius 3 is 2.92 bits per heavy atom. The van der Waals surface area contributed by atoms with Gasteiger partial charge in [0.25, 0.3) is 0 Å². The van der Waals surface area contributed by atoms with Crippen molar-refractivity contribution in [3.8, 4) is 0 Å². The van der Waals surface area contributed by atoms with Gasteiger partial charge in [0.2, 0.25) is 5.95 Å². The van der Waals surface area contributed by atoms with E-state index in [0.717, 1.165) is 48.6 Å². The number of nitrogens with zero attached hydrogens (tertiary/aromatic N) is 3. The molecule has 1 atom stereocenters. The first kappa shape index (κ1) is 17.4. The molecule has 1 aromatic carbocycles. The normalized spacial score (nSPS) is 18.2. The van der Waals surface area contributed by atoms with Gasteiger partial charge in [0.05, 0.1) is 11.2 Å². The summed E-state index contributed by atoms with van der Waals surface area (Å²) in [5.74, 6) is 0.888. The average Bonchev–Trinajstić information content (AvgIpc) is 3.03. The number of anilines is 1. The summed E-state index contributed by atoms with van der Waals surface area (Å²) in [4.78, 5) is 13.4. The Morgan fingerprint density at radius 2 is 2.08 bits per heavy atom. The predicted octanol–water partition coefficient (Wildman–Crippen LogP) is 4.46. The van der Waals surface area contributed by atoms with Crippen LogP contribution in [0.15, 0.2) is 35.7 Å². The van der Waals surface area contributed by atoms with Crippen molar-refractivity contribution in [3.05, 3.63) is 51.8 Å². The molecule has 0 spiro atoms. The zero-order valence-electron chi connectivity index (χ0n) is 15.5. The smallest absolute Gasteiger partial charge is 0.226 e. The predicted molar refractivity (Wildman–Crippen MR) is 110 cm³/mol. The fourth-order valence-electron chi connectivity index (χ4n) is 3.68. The molecule has 26 heavy (non-hydrogen) atoms. The summed E-state index contributed by atoms with van der Waals surface area (Å²) < 4.78 is 0. The molecule has 1 saturated heterocycles. The lowest BCUT2D eigenvalue weighted by Gasteiger charge is -2.21. The Morgan fingerprint density at radius 1 is 1.15 bits per heavy atom. The summed E-state index contributed by atoms with van der Waals surface area (Å²) in [6, 6.07) is 11.3. The number of aromatic nitrogens is 2. The van der Waals surface area contributed by atoms with E-state index in [0.29, 0.717) is 6.04 Å². The molecule has 0 amide bonds. The molecule has 3 aromatic rings. The number of hydrogen-bond acceptors (Lipinski definition) is 5. The first-order chi connectivity index (χ1) is 12.7. The fraction of sp³-hybridized carbons (Fsp3) is 0.429. The summed E-state index contributed by atoms with van der Waals surface area (Å²) in [5.41, 5.74) is 3.38. The first-order valence-corrected chi connectivity index (χ1v) is 10.3. The van der Waals surface area contributed by atoms with E-state index >= 15 is 0 Å². The van der Waals surface area contributed by atoms with Crippen LogP contribution in [0.3, 0.4) is 0 Å². The van der Waals surface area contributed by atoms with Gasteiger partial charge in [-0.3, -0.25) is 0 Å². The highest BCUT2D eigenvalue weighted by Gasteiger charge is 2.19. The monoisotopic (exact) mass is 366 g/mol. The highest BCUT2D eigenvalue weighted by atomic mass is 32.1. The molecule has 5 heteroatoms. The second-order valence-electron chi connectivity index (χ2n) is 7.20. The van der Waals surface area contributed by atoms with Crippen LogP contribution in [-0.4, -0.2) is 29.1 Å². The van der Waals surface area contributed by atoms with Crippen LogP contribution in [0.2, 0.25) is 0 Å².